The summed E-state index contributed by atoms with van der Waals surface area (Å²) in [6.07, 6.45) is 2.67. The fourth-order valence-corrected chi connectivity index (χ4v) is 2.68. The second-order valence-electron chi connectivity index (χ2n) is 5.14. The second kappa shape index (κ2) is 6.15. The van der Waals surface area contributed by atoms with E-state index >= 15 is 0 Å². The summed E-state index contributed by atoms with van der Waals surface area (Å²) in [6.45, 7) is 4.25. The minimum Gasteiger partial charge on any atom is -0.493 e. The molecule has 1 aromatic carbocycles. The van der Waals surface area contributed by atoms with Crippen LogP contribution < -0.4 is 14.8 Å². The third kappa shape index (κ3) is 3.53. The van der Waals surface area contributed by atoms with Gasteiger partial charge in [0, 0.05) is 17.8 Å². The minimum atomic E-state index is 0.307. The molecule has 1 heterocycles. The molecule has 0 saturated carbocycles. The van der Waals surface area contributed by atoms with Crippen LogP contribution in [0.3, 0.4) is 0 Å². The van der Waals surface area contributed by atoms with Gasteiger partial charge in [0.1, 0.15) is 0 Å². The summed E-state index contributed by atoms with van der Waals surface area (Å²) in [7, 11) is 3.30. The molecule has 1 N–H and O–H groups in total. The van der Waals surface area contributed by atoms with Crippen molar-refractivity contribution in [3.05, 3.63) is 18.2 Å². The number of hydrogen-bond acceptors (Lipinski definition) is 4. The number of ether oxygens (including phenoxy) is 3. The summed E-state index contributed by atoms with van der Waals surface area (Å²) >= 11 is 0. The Bertz CT molecular complexity index is 412. The summed E-state index contributed by atoms with van der Waals surface area (Å²) in [5, 5.41) is 3.55. The normalized spacial score (nSPS) is 26.8. The Morgan fingerprint density at radius 1 is 1.05 bits per heavy atom. The summed E-state index contributed by atoms with van der Waals surface area (Å²) in [5.41, 5.74) is 1.06. The minimum absolute atomic E-state index is 0.307. The van der Waals surface area contributed by atoms with Gasteiger partial charge >= 0.3 is 0 Å². The zero-order chi connectivity index (χ0) is 13.8. The van der Waals surface area contributed by atoms with E-state index < -0.39 is 0 Å². The van der Waals surface area contributed by atoms with Crippen LogP contribution in [0, 0.1) is 0 Å². The molecule has 1 aromatic rings. The van der Waals surface area contributed by atoms with Crippen molar-refractivity contribution in [2.75, 3.05) is 19.5 Å². The average Bonchev–Trinajstić information content (AvgIpc) is 2.37. The van der Waals surface area contributed by atoms with Crippen LogP contribution in [0.5, 0.6) is 11.5 Å². The van der Waals surface area contributed by atoms with E-state index in [1.54, 1.807) is 14.2 Å². The third-order valence-corrected chi connectivity index (χ3v) is 3.45. The van der Waals surface area contributed by atoms with Crippen LogP contribution in [-0.4, -0.2) is 32.5 Å². The van der Waals surface area contributed by atoms with Crippen LogP contribution in [0.15, 0.2) is 18.2 Å². The monoisotopic (exact) mass is 265 g/mol. The van der Waals surface area contributed by atoms with Gasteiger partial charge in [-0.05, 0) is 38.8 Å². The van der Waals surface area contributed by atoms with Crippen molar-refractivity contribution in [1.82, 2.24) is 0 Å². The predicted molar refractivity (Wildman–Crippen MR) is 76.2 cm³/mol. The fraction of sp³-hybridized carbons (Fsp3) is 0.600. The highest BCUT2D eigenvalue weighted by molar-refractivity contribution is 5.55. The van der Waals surface area contributed by atoms with E-state index in [1.165, 1.54) is 0 Å². The van der Waals surface area contributed by atoms with Gasteiger partial charge in [0.15, 0.2) is 11.5 Å². The van der Waals surface area contributed by atoms with Gasteiger partial charge in [0.25, 0.3) is 0 Å². The molecular formula is C15H23NO3. The van der Waals surface area contributed by atoms with Gasteiger partial charge in [0.2, 0.25) is 0 Å². The molecule has 0 amide bonds. The molecule has 4 heteroatoms. The summed E-state index contributed by atoms with van der Waals surface area (Å²) in [5.74, 6) is 1.50. The molecule has 2 unspecified atom stereocenters. The Kier molecular flexibility index (Phi) is 4.53. The smallest absolute Gasteiger partial charge is 0.162 e. The zero-order valence-corrected chi connectivity index (χ0v) is 12.1. The molecule has 1 fully saturated rings. The second-order valence-corrected chi connectivity index (χ2v) is 5.14. The lowest BCUT2D eigenvalue weighted by atomic mass is 9.99. The van der Waals surface area contributed by atoms with E-state index in [-0.39, 0.29) is 0 Å². The van der Waals surface area contributed by atoms with Gasteiger partial charge in [-0.25, -0.2) is 0 Å². The molecule has 0 bridgehead atoms. The molecule has 106 valence electrons. The summed E-state index contributed by atoms with van der Waals surface area (Å²) < 4.78 is 16.3. The quantitative estimate of drug-likeness (QED) is 0.908. The molecule has 0 aliphatic carbocycles. The molecule has 2 atom stereocenters. The first-order valence-electron chi connectivity index (χ1n) is 6.76. The number of methoxy groups -OCH3 is 2. The van der Waals surface area contributed by atoms with Crippen LogP contribution >= 0.6 is 0 Å². The van der Waals surface area contributed by atoms with E-state index in [4.69, 9.17) is 14.2 Å². The van der Waals surface area contributed by atoms with Gasteiger partial charge in [-0.15, -0.1) is 0 Å². The van der Waals surface area contributed by atoms with E-state index in [2.05, 4.69) is 19.2 Å². The first kappa shape index (κ1) is 14.0. The molecule has 0 radical (unpaired) electrons. The topological polar surface area (TPSA) is 39.7 Å². The fourth-order valence-electron chi connectivity index (χ4n) is 2.68. The maximum atomic E-state index is 5.75. The molecule has 0 aromatic heterocycles. The van der Waals surface area contributed by atoms with E-state index in [0.29, 0.717) is 18.2 Å². The van der Waals surface area contributed by atoms with Gasteiger partial charge in [-0.3, -0.25) is 0 Å². The molecule has 1 saturated heterocycles. The van der Waals surface area contributed by atoms with Crippen molar-refractivity contribution in [2.24, 2.45) is 0 Å². The van der Waals surface area contributed by atoms with Gasteiger partial charge in [-0.1, -0.05) is 0 Å². The first-order chi connectivity index (χ1) is 9.12. The van der Waals surface area contributed by atoms with Crippen molar-refractivity contribution >= 4 is 5.69 Å². The van der Waals surface area contributed by atoms with Crippen molar-refractivity contribution in [2.45, 2.75) is 44.9 Å². The lowest BCUT2D eigenvalue weighted by molar-refractivity contribution is -0.0337. The largest absolute Gasteiger partial charge is 0.493 e. The first-order valence-corrected chi connectivity index (χ1v) is 6.76. The standard InChI is InChI=1S/C15H23NO3/c1-10-7-13(8-11(2)19-10)16-12-5-6-14(17-3)15(9-12)18-4/h5-6,9-11,13,16H,7-8H2,1-4H3. The van der Waals surface area contributed by atoms with Crippen LogP contribution in [0.2, 0.25) is 0 Å². The highest BCUT2D eigenvalue weighted by atomic mass is 16.5. The average molecular weight is 265 g/mol. The molecular weight excluding hydrogens is 242 g/mol. The Balaban J connectivity index is 2.06. The summed E-state index contributed by atoms with van der Waals surface area (Å²) in [4.78, 5) is 0. The van der Waals surface area contributed by atoms with E-state index in [0.717, 1.165) is 30.0 Å². The SMILES string of the molecule is COc1ccc(NC2CC(C)OC(C)C2)cc1OC. The Morgan fingerprint density at radius 2 is 1.68 bits per heavy atom. The van der Waals surface area contributed by atoms with Crippen LogP contribution in [0.4, 0.5) is 5.69 Å². The Morgan fingerprint density at radius 3 is 2.26 bits per heavy atom. The van der Waals surface area contributed by atoms with Crippen molar-refractivity contribution in [3.63, 3.8) is 0 Å². The molecule has 0 spiro atoms. The lowest BCUT2D eigenvalue weighted by Gasteiger charge is -2.33. The zero-order valence-electron chi connectivity index (χ0n) is 12.1. The predicted octanol–water partition coefficient (Wildman–Crippen LogP) is 3.07. The number of rotatable bonds is 4. The lowest BCUT2D eigenvalue weighted by Crippen LogP contribution is -2.36. The van der Waals surface area contributed by atoms with E-state index in [1.807, 2.05) is 18.2 Å². The van der Waals surface area contributed by atoms with E-state index in [9.17, 15) is 0 Å². The van der Waals surface area contributed by atoms with Crippen LogP contribution in [0.25, 0.3) is 0 Å². The van der Waals surface area contributed by atoms with Gasteiger partial charge < -0.3 is 19.5 Å². The van der Waals surface area contributed by atoms with Crippen molar-refractivity contribution in [3.8, 4) is 11.5 Å². The van der Waals surface area contributed by atoms with Gasteiger partial charge in [0.05, 0.1) is 26.4 Å². The Hall–Kier alpha value is -1.42. The number of hydrogen-bond donors (Lipinski definition) is 1. The molecule has 19 heavy (non-hydrogen) atoms. The molecule has 1 aliphatic rings. The van der Waals surface area contributed by atoms with Crippen molar-refractivity contribution in [1.29, 1.82) is 0 Å². The molecule has 1 aliphatic heterocycles. The Labute approximate surface area is 115 Å². The maximum Gasteiger partial charge on any atom is 0.162 e. The molecule has 2 rings (SSSR count). The summed E-state index contributed by atoms with van der Waals surface area (Å²) in [6, 6.07) is 6.36. The highest BCUT2D eigenvalue weighted by Crippen LogP contribution is 2.31. The van der Waals surface area contributed by atoms with Crippen LogP contribution in [-0.2, 0) is 4.74 Å². The third-order valence-electron chi connectivity index (χ3n) is 3.45. The van der Waals surface area contributed by atoms with Crippen LogP contribution in [0.1, 0.15) is 26.7 Å². The van der Waals surface area contributed by atoms with Gasteiger partial charge in [-0.2, -0.15) is 0 Å². The number of benzene rings is 1. The van der Waals surface area contributed by atoms with Crippen molar-refractivity contribution < 1.29 is 14.2 Å². The number of nitrogens with one attached hydrogen (secondary N) is 1. The number of anilines is 1. The maximum absolute atomic E-state index is 5.75. The highest BCUT2D eigenvalue weighted by Gasteiger charge is 2.24. The molecule has 4 nitrogen and oxygen atoms in total.